The van der Waals surface area contributed by atoms with Crippen molar-refractivity contribution in [3.05, 3.63) is 41.3 Å². The van der Waals surface area contributed by atoms with Gasteiger partial charge in [0, 0.05) is 30.7 Å². The van der Waals surface area contributed by atoms with Crippen LogP contribution in [0.1, 0.15) is 82.8 Å². The molecule has 4 rings (SSSR count). The van der Waals surface area contributed by atoms with Gasteiger partial charge in [-0.3, -0.25) is 4.79 Å². The summed E-state index contributed by atoms with van der Waals surface area (Å²) in [6.07, 6.45) is 4.15. The van der Waals surface area contributed by atoms with E-state index < -0.39 is 17.9 Å². The zero-order valence-corrected chi connectivity index (χ0v) is 26.0. The van der Waals surface area contributed by atoms with Gasteiger partial charge in [0.1, 0.15) is 4.88 Å². The standard InChI is InChI=1S/C32H44N2O6S/c1-21(2)38-31(37)40-32(4,5)39-30(36)28-26(20-27(41-28)23-10-8-7-9-11-23)34(25-16-18-33(6)19-17-25)29(35)24-14-12-22(3)13-15-24/h7-11,20-22,24-25H,12-19H2,1-6H3. The molecule has 224 valence electrons. The smallest absolute Gasteiger partial charge is 0.431 e. The van der Waals surface area contributed by atoms with E-state index in [1.165, 1.54) is 25.2 Å². The van der Waals surface area contributed by atoms with E-state index in [1.54, 1.807) is 13.8 Å². The van der Waals surface area contributed by atoms with Crippen molar-refractivity contribution in [1.82, 2.24) is 4.90 Å². The molecule has 0 atom stereocenters. The lowest BCUT2D eigenvalue weighted by atomic mass is 9.82. The first-order valence-electron chi connectivity index (χ1n) is 14.8. The highest BCUT2D eigenvalue weighted by atomic mass is 32.1. The number of piperidine rings is 1. The van der Waals surface area contributed by atoms with Crippen molar-refractivity contribution in [2.75, 3.05) is 25.0 Å². The summed E-state index contributed by atoms with van der Waals surface area (Å²) in [6, 6.07) is 11.8. The summed E-state index contributed by atoms with van der Waals surface area (Å²) >= 11 is 1.30. The Labute approximate surface area is 247 Å². The van der Waals surface area contributed by atoms with E-state index in [0.29, 0.717) is 16.5 Å². The molecule has 1 aromatic carbocycles. The van der Waals surface area contributed by atoms with E-state index in [1.807, 2.05) is 41.3 Å². The van der Waals surface area contributed by atoms with E-state index in [-0.39, 0.29) is 24.0 Å². The van der Waals surface area contributed by atoms with Crippen LogP contribution in [0, 0.1) is 11.8 Å². The maximum absolute atomic E-state index is 14.3. The summed E-state index contributed by atoms with van der Waals surface area (Å²) in [5.41, 5.74) is 1.54. The van der Waals surface area contributed by atoms with Crippen LogP contribution in [-0.4, -0.2) is 61.0 Å². The van der Waals surface area contributed by atoms with Gasteiger partial charge in [-0.2, -0.15) is 0 Å². The maximum Gasteiger partial charge on any atom is 0.511 e. The molecule has 2 fully saturated rings. The number of benzene rings is 1. The summed E-state index contributed by atoms with van der Waals surface area (Å²) in [5, 5.41) is 0. The minimum Gasteiger partial charge on any atom is -0.431 e. The Balaban J connectivity index is 1.72. The first kappa shape index (κ1) is 31.0. The molecular formula is C32H44N2O6S. The fourth-order valence-electron chi connectivity index (χ4n) is 5.61. The van der Waals surface area contributed by atoms with Gasteiger partial charge in [-0.25, -0.2) is 9.59 Å². The van der Waals surface area contributed by atoms with Crippen LogP contribution >= 0.6 is 11.3 Å². The third kappa shape index (κ3) is 8.10. The summed E-state index contributed by atoms with van der Waals surface area (Å²) in [4.78, 5) is 45.7. The number of esters is 1. The van der Waals surface area contributed by atoms with Crippen LogP contribution in [0.25, 0.3) is 10.4 Å². The lowest BCUT2D eigenvalue weighted by Crippen LogP contribution is -2.49. The van der Waals surface area contributed by atoms with E-state index in [2.05, 4.69) is 18.9 Å². The first-order valence-corrected chi connectivity index (χ1v) is 15.6. The number of carbonyl (C=O) groups is 3. The number of anilines is 1. The molecule has 0 bridgehead atoms. The van der Waals surface area contributed by atoms with Gasteiger partial charge in [-0.05, 0) is 90.1 Å². The topological polar surface area (TPSA) is 85.4 Å². The fraction of sp³-hybridized carbons (Fsp3) is 0.594. The summed E-state index contributed by atoms with van der Waals surface area (Å²) < 4.78 is 16.2. The largest absolute Gasteiger partial charge is 0.511 e. The molecule has 1 aromatic heterocycles. The first-order chi connectivity index (χ1) is 19.4. The van der Waals surface area contributed by atoms with Crippen molar-refractivity contribution in [2.45, 2.75) is 91.1 Å². The zero-order valence-electron chi connectivity index (χ0n) is 25.2. The van der Waals surface area contributed by atoms with Gasteiger partial charge in [0.05, 0.1) is 11.8 Å². The number of nitrogens with zero attached hydrogens (tertiary/aromatic N) is 2. The normalized spacial score (nSPS) is 20.5. The molecule has 2 aliphatic rings. The molecule has 1 saturated carbocycles. The quantitative estimate of drug-likeness (QED) is 0.241. The van der Waals surface area contributed by atoms with Crippen molar-refractivity contribution >= 4 is 35.1 Å². The number of likely N-dealkylation sites (tertiary alicyclic amines) is 1. The minimum atomic E-state index is -1.57. The van der Waals surface area contributed by atoms with Gasteiger partial charge in [-0.15, -0.1) is 11.3 Å². The van der Waals surface area contributed by atoms with Gasteiger partial charge in [0.25, 0.3) is 5.79 Å². The Bertz CT molecular complexity index is 1190. The number of amides is 1. The number of hydrogen-bond donors (Lipinski definition) is 0. The van der Waals surface area contributed by atoms with Crippen molar-refractivity contribution in [3.8, 4) is 10.4 Å². The molecule has 2 heterocycles. The summed E-state index contributed by atoms with van der Waals surface area (Å²) in [5.74, 6) is -1.57. The van der Waals surface area contributed by atoms with Gasteiger partial charge < -0.3 is 24.0 Å². The van der Waals surface area contributed by atoms with Crippen LogP contribution in [0.15, 0.2) is 36.4 Å². The Morgan fingerprint density at radius 3 is 2.22 bits per heavy atom. The number of ether oxygens (including phenoxy) is 3. The molecular weight excluding hydrogens is 540 g/mol. The fourth-order valence-corrected chi connectivity index (χ4v) is 6.64. The van der Waals surface area contributed by atoms with Crippen molar-refractivity contribution in [1.29, 1.82) is 0 Å². The average Bonchev–Trinajstić information content (AvgIpc) is 3.35. The third-order valence-corrected chi connectivity index (χ3v) is 9.02. The molecule has 0 N–H and O–H groups in total. The van der Waals surface area contributed by atoms with Crippen LogP contribution in [0.3, 0.4) is 0 Å². The highest BCUT2D eigenvalue weighted by Crippen LogP contribution is 2.42. The SMILES string of the molecule is CC1CCC(C(=O)N(c2cc(-c3ccccc3)sc2C(=O)OC(C)(C)OC(=O)OC(C)C)C2CCN(C)CC2)CC1. The zero-order chi connectivity index (χ0) is 29.7. The van der Waals surface area contributed by atoms with E-state index in [4.69, 9.17) is 14.2 Å². The second kappa shape index (κ2) is 13.4. The molecule has 1 aliphatic heterocycles. The van der Waals surface area contributed by atoms with Crippen molar-refractivity contribution < 1.29 is 28.6 Å². The van der Waals surface area contributed by atoms with Crippen LogP contribution in [0.5, 0.6) is 0 Å². The summed E-state index contributed by atoms with van der Waals surface area (Å²) in [6.45, 7) is 10.4. The molecule has 8 nitrogen and oxygen atoms in total. The lowest BCUT2D eigenvalue weighted by molar-refractivity contribution is -0.157. The Morgan fingerprint density at radius 2 is 1.61 bits per heavy atom. The van der Waals surface area contributed by atoms with Crippen molar-refractivity contribution in [3.63, 3.8) is 0 Å². The van der Waals surface area contributed by atoms with Crippen LogP contribution in [0.4, 0.5) is 10.5 Å². The van der Waals surface area contributed by atoms with Gasteiger partial charge in [-0.1, -0.05) is 37.3 Å². The van der Waals surface area contributed by atoms with E-state index >= 15 is 0 Å². The Morgan fingerprint density at radius 1 is 0.976 bits per heavy atom. The van der Waals surface area contributed by atoms with Gasteiger partial charge >= 0.3 is 12.1 Å². The Hall–Kier alpha value is -2.91. The predicted molar refractivity (Wildman–Crippen MR) is 161 cm³/mol. The molecule has 1 aliphatic carbocycles. The van der Waals surface area contributed by atoms with E-state index in [9.17, 15) is 14.4 Å². The van der Waals surface area contributed by atoms with E-state index in [0.717, 1.165) is 62.1 Å². The summed E-state index contributed by atoms with van der Waals surface area (Å²) in [7, 11) is 2.10. The molecule has 1 amide bonds. The highest BCUT2D eigenvalue weighted by Gasteiger charge is 2.39. The van der Waals surface area contributed by atoms with Crippen LogP contribution in [-0.2, 0) is 19.0 Å². The number of thiophene rings is 1. The lowest BCUT2D eigenvalue weighted by Gasteiger charge is -2.40. The Kier molecular flexibility index (Phi) is 10.1. The third-order valence-electron chi connectivity index (χ3n) is 7.87. The predicted octanol–water partition coefficient (Wildman–Crippen LogP) is 7.12. The molecule has 41 heavy (non-hydrogen) atoms. The molecule has 0 spiro atoms. The van der Waals surface area contributed by atoms with Gasteiger partial charge in [0.2, 0.25) is 5.91 Å². The molecule has 1 saturated heterocycles. The number of carbonyl (C=O) groups excluding carboxylic acids is 3. The number of rotatable bonds is 8. The minimum absolute atomic E-state index is 0.0203. The maximum atomic E-state index is 14.3. The molecule has 0 unspecified atom stereocenters. The van der Waals surface area contributed by atoms with Gasteiger partial charge in [0.15, 0.2) is 0 Å². The molecule has 2 aromatic rings. The highest BCUT2D eigenvalue weighted by molar-refractivity contribution is 7.18. The van der Waals surface area contributed by atoms with Crippen LogP contribution < -0.4 is 4.90 Å². The molecule has 9 heteroatoms. The molecule has 0 radical (unpaired) electrons. The second-order valence-corrected chi connectivity index (χ2v) is 13.3. The number of hydrogen-bond acceptors (Lipinski definition) is 8. The van der Waals surface area contributed by atoms with Crippen molar-refractivity contribution in [2.24, 2.45) is 11.8 Å². The monoisotopic (exact) mass is 584 g/mol. The average molecular weight is 585 g/mol. The second-order valence-electron chi connectivity index (χ2n) is 12.2. The van der Waals surface area contributed by atoms with Crippen LogP contribution in [0.2, 0.25) is 0 Å².